The van der Waals surface area contributed by atoms with Gasteiger partial charge in [-0.1, -0.05) is 45.0 Å². The average molecular weight is 301 g/mol. The van der Waals surface area contributed by atoms with Crippen LogP contribution in [0.5, 0.6) is 0 Å². The number of methoxy groups -OCH3 is 1. The van der Waals surface area contributed by atoms with Gasteiger partial charge in [0.15, 0.2) is 0 Å². The highest BCUT2D eigenvalue weighted by atomic mass is 16.5. The molecule has 0 unspecified atom stereocenters. The van der Waals surface area contributed by atoms with Crippen LogP contribution in [-0.2, 0) is 14.9 Å². The molecule has 0 aliphatic heterocycles. The highest BCUT2D eigenvalue weighted by Gasteiger charge is 2.17. The van der Waals surface area contributed by atoms with Crippen LogP contribution in [0.3, 0.4) is 0 Å². The molecule has 2 N–H and O–H groups in total. The van der Waals surface area contributed by atoms with Crippen molar-refractivity contribution in [1.29, 1.82) is 0 Å². The topological polar surface area (TPSA) is 67.0 Å². The average Bonchev–Trinajstić information content (AvgIpc) is 2.80. The second-order valence-corrected chi connectivity index (χ2v) is 6.38. The van der Waals surface area contributed by atoms with Crippen LogP contribution in [-0.4, -0.2) is 29.8 Å². The van der Waals surface area contributed by atoms with Crippen molar-refractivity contribution in [2.75, 3.05) is 19.0 Å². The smallest absolute Gasteiger partial charge is 0.250 e. The molecule has 2 aromatic rings. The first-order valence-corrected chi connectivity index (χ1v) is 7.27. The molecular weight excluding hydrogens is 278 g/mol. The molecular formula is C17H23N3O2. The van der Waals surface area contributed by atoms with Gasteiger partial charge in [0.25, 0.3) is 0 Å². The van der Waals surface area contributed by atoms with Crippen molar-refractivity contribution in [3.05, 3.63) is 35.5 Å². The van der Waals surface area contributed by atoms with Crippen LogP contribution < -0.4 is 5.32 Å². The van der Waals surface area contributed by atoms with E-state index in [-0.39, 0.29) is 17.9 Å². The Balaban J connectivity index is 2.31. The zero-order valence-corrected chi connectivity index (χ0v) is 13.8. The number of hydrogen-bond donors (Lipinski definition) is 2. The van der Waals surface area contributed by atoms with Gasteiger partial charge >= 0.3 is 0 Å². The number of amides is 1. The van der Waals surface area contributed by atoms with E-state index in [1.807, 2.05) is 19.1 Å². The van der Waals surface area contributed by atoms with Gasteiger partial charge in [-0.15, -0.1) is 0 Å². The molecule has 1 heterocycles. The maximum absolute atomic E-state index is 11.8. The van der Waals surface area contributed by atoms with Crippen molar-refractivity contribution in [1.82, 2.24) is 10.2 Å². The highest BCUT2D eigenvalue weighted by Crippen LogP contribution is 2.30. The van der Waals surface area contributed by atoms with Crippen LogP contribution in [0.1, 0.15) is 32.0 Å². The van der Waals surface area contributed by atoms with Crippen LogP contribution in [0.25, 0.3) is 11.3 Å². The molecule has 0 atom stereocenters. The van der Waals surface area contributed by atoms with E-state index in [0.29, 0.717) is 5.69 Å². The molecule has 0 aliphatic rings. The van der Waals surface area contributed by atoms with Crippen molar-refractivity contribution in [2.45, 2.75) is 33.1 Å². The fourth-order valence-corrected chi connectivity index (χ4v) is 2.23. The molecule has 0 radical (unpaired) electrons. The second kappa shape index (κ2) is 6.32. The summed E-state index contributed by atoms with van der Waals surface area (Å²) in [5, 5.41) is 10.1. The van der Waals surface area contributed by atoms with E-state index in [1.54, 1.807) is 0 Å². The van der Waals surface area contributed by atoms with Crippen LogP contribution in [0.15, 0.2) is 24.3 Å². The number of aryl methyl sites for hydroxylation is 1. The largest absolute Gasteiger partial charge is 0.375 e. The first kappa shape index (κ1) is 16.2. The summed E-state index contributed by atoms with van der Waals surface area (Å²) in [4.78, 5) is 11.8. The summed E-state index contributed by atoms with van der Waals surface area (Å²) in [7, 11) is 1.49. The van der Waals surface area contributed by atoms with Gasteiger partial charge in [0, 0.05) is 12.7 Å². The normalized spacial score (nSPS) is 11.5. The van der Waals surface area contributed by atoms with E-state index in [2.05, 4.69) is 48.4 Å². The minimum atomic E-state index is -0.195. The first-order valence-electron chi connectivity index (χ1n) is 7.27. The van der Waals surface area contributed by atoms with E-state index < -0.39 is 0 Å². The molecule has 0 spiro atoms. The zero-order valence-electron chi connectivity index (χ0n) is 13.8. The third-order valence-electron chi connectivity index (χ3n) is 3.51. The summed E-state index contributed by atoms with van der Waals surface area (Å²) in [5.41, 5.74) is 4.58. The lowest BCUT2D eigenvalue weighted by molar-refractivity contribution is -0.119. The lowest BCUT2D eigenvalue weighted by Crippen LogP contribution is -2.17. The van der Waals surface area contributed by atoms with Crippen molar-refractivity contribution >= 4 is 11.6 Å². The van der Waals surface area contributed by atoms with Crippen molar-refractivity contribution in [2.24, 2.45) is 0 Å². The summed E-state index contributed by atoms with van der Waals surface area (Å²) in [6.07, 6.45) is 0. The van der Waals surface area contributed by atoms with E-state index in [0.717, 1.165) is 17.0 Å². The van der Waals surface area contributed by atoms with E-state index in [9.17, 15) is 4.79 Å². The minimum absolute atomic E-state index is 0.0209. The predicted molar refractivity (Wildman–Crippen MR) is 88.0 cm³/mol. The van der Waals surface area contributed by atoms with Gasteiger partial charge in [0.05, 0.1) is 11.4 Å². The number of hydrogen-bond acceptors (Lipinski definition) is 3. The number of H-pyrrole nitrogens is 1. The number of benzene rings is 1. The van der Waals surface area contributed by atoms with E-state index >= 15 is 0 Å². The number of rotatable bonds is 4. The summed E-state index contributed by atoms with van der Waals surface area (Å²) < 4.78 is 4.85. The molecule has 0 aliphatic carbocycles. The molecule has 5 heteroatoms. The van der Waals surface area contributed by atoms with Gasteiger partial charge in [-0.05, 0) is 17.9 Å². The van der Waals surface area contributed by atoms with Crippen molar-refractivity contribution in [3.63, 3.8) is 0 Å². The molecule has 118 valence electrons. The van der Waals surface area contributed by atoms with Gasteiger partial charge in [0.1, 0.15) is 12.3 Å². The number of nitrogens with one attached hydrogen (secondary N) is 2. The van der Waals surface area contributed by atoms with Crippen LogP contribution in [0, 0.1) is 6.92 Å². The second-order valence-electron chi connectivity index (χ2n) is 6.38. The summed E-state index contributed by atoms with van der Waals surface area (Å²) in [5.74, 6) is -0.195. The summed E-state index contributed by atoms with van der Waals surface area (Å²) in [6.45, 7) is 8.43. The number of aromatic amines is 1. The fraction of sp³-hybridized carbons (Fsp3) is 0.412. The number of nitrogens with zero attached hydrogens (tertiary/aromatic N) is 1. The van der Waals surface area contributed by atoms with Crippen molar-refractivity contribution < 1.29 is 9.53 Å². The summed E-state index contributed by atoms with van der Waals surface area (Å²) >= 11 is 0. The SMILES string of the molecule is COCC(=O)Nc1c(-c2ccc(C(C)(C)C)cc2)n[nH]c1C. The monoisotopic (exact) mass is 301 g/mol. The maximum atomic E-state index is 11.8. The quantitative estimate of drug-likeness (QED) is 0.910. The maximum Gasteiger partial charge on any atom is 0.250 e. The molecule has 0 bridgehead atoms. The molecule has 0 saturated heterocycles. The molecule has 0 saturated carbocycles. The molecule has 2 rings (SSSR count). The Morgan fingerprint density at radius 1 is 1.27 bits per heavy atom. The number of anilines is 1. The van der Waals surface area contributed by atoms with Crippen LogP contribution >= 0.6 is 0 Å². The first-order chi connectivity index (χ1) is 10.3. The van der Waals surface area contributed by atoms with Gasteiger partial charge in [-0.3, -0.25) is 9.89 Å². The molecule has 22 heavy (non-hydrogen) atoms. The number of aromatic nitrogens is 2. The number of carbonyl (C=O) groups excluding carboxylic acids is 1. The van der Waals surface area contributed by atoms with Gasteiger partial charge in [0.2, 0.25) is 5.91 Å². The van der Waals surface area contributed by atoms with Crippen LogP contribution in [0.2, 0.25) is 0 Å². The Morgan fingerprint density at radius 2 is 1.91 bits per heavy atom. The number of carbonyl (C=O) groups is 1. The Bertz CT molecular complexity index is 652. The Kier molecular flexibility index (Phi) is 4.66. The standard InChI is InChI=1S/C17H23N3O2/c1-11-15(18-14(21)10-22-5)16(20-19-11)12-6-8-13(9-7-12)17(2,3)4/h6-9H,10H2,1-5H3,(H,18,21)(H,19,20). The number of ether oxygens (including phenoxy) is 1. The van der Waals surface area contributed by atoms with Crippen molar-refractivity contribution in [3.8, 4) is 11.3 Å². The highest BCUT2D eigenvalue weighted by molar-refractivity contribution is 5.96. The zero-order chi connectivity index (χ0) is 16.3. The lowest BCUT2D eigenvalue weighted by atomic mass is 9.86. The molecule has 5 nitrogen and oxygen atoms in total. The molecule has 0 fully saturated rings. The van der Waals surface area contributed by atoms with E-state index in [1.165, 1.54) is 12.7 Å². The predicted octanol–water partition coefficient (Wildman–Crippen LogP) is 3.27. The van der Waals surface area contributed by atoms with Gasteiger partial charge in [-0.25, -0.2) is 0 Å². The molecule has 1 aromatic carbocycles. The van der Waals surface area contributed by atoms with Crippen LogP contribution in [0.4, 0.5) is 5.69 Å². The fourth-order valence-electron chi connectivity index (χ4n) is 2.23. The summed E-state index contributed by atoms with van der Waals surface area (Å²) in [6, 6.07) is 8.25. The van der Waals surface area contributed by atoms with E-state index in [4.69, 9.17) is 4.74 Å². The van der Waals surface area contributed by atoms with Gasteiger partial charge < -0.3 is 10.1 Å². The Labute approximate surface area is 131 Å². The molecule has 1 amide bonds. The lowest BCUT2D eigenvalue weighted by Gasteiger charge is -2.19. The third kappa shape index (κ3) is 3.54. The van der Waals surface area contributed by atoms with Gasteiger partial charge in [-0.2, -0.15) is 5.10 Å². The Hall–Kier alpha value is -2.14. The third-order valence-corrected chi connectivity index (χ3v) is 3.51. The Morgan fingerprint density at radius 3 is 2.45 bits per heavy atom. The minimum Gasteiger partial charge on any atom is -0.375 e. The molecule has 1 aromatic heterocycles.